The summed E-state index contributed by atoms with van der Waals surface area (Å²) in [6.45, 7) is 5.20. The molecule has 2 heterocycles. The lowest BCUT2D eigenvalue weighted by molar-refractivity contribution is 0.572. The Labute approximate surface area is 169 Å². The van der Waals surface area contributed by atoms with Crippen LogP contribution < -0.4 is 9.21 Å². The van der Waals surface area contributed by atoms with Crippen LogP contribution in [0, 0.1) is 5.92 Å². The van der Waals surface area contributed by atoms with Gasteiger partial charge in [-0.15, -0.1) is 0 Å². The molecule has 4 rings (SSSR count). The Bertz CT molecular complexity index is 1120. The Balaban J connectivity index is 1.81. The van der Waals surface area contributed by atoms with E-state index in [1.54, 1.807) is 12.1 Å². The smallest absolute Gasteiger partial charge is 0.267 e. The Morgan fingerprint density at radius 1 is 1.00 bits per heavy atom. The number of halogens is 1. The second kappa shape index (κ2) is 7.22. The predicted molar refractivity (Wildman–Crippen MR) is 112 cm³/mol. The zero-order valence-corrected chi connectivity index (χ0v) is 17.3. The van der Waals surface area contributed by atoms with Gasteiger partial charge in [0.25, 0.3) is 10.0 Å². The molecule has 0 amide bonds. The molecule has 8 heteroatoms. The van der Waals surface area contributed by atoms with Crippen LogP contribution in [0.5, 0.6) is 0 Å². The van der Waals surface area contributed by atoms with Crippen LogP contribution in [0.15, 0.2) is 53.4 Å². The molecule has 0 unspecified atom stereocenters. The molecule has 0 N–H and O–H groups in total. The van der Waals surface area contributed by atoms with E-state index in [0.29, 0.717) is 34.6 Å². The van der Waals surface area contributed by atoms with Gasteiger partial charge in [-0.05, 0) is 48.7 Å². The molecule has 1 aromatic heterocycles. The van der Waals surface area contributed by atoms with E-state index >= 15 is 0 Å². The van der Waals surface area contributed by atoms with Crippen LogP contribution >= 0.6 is 11.6 Å². The van der Waals surface area contributed by atoms with Gasteiger partial charge >= 0.3 is 0 Å². The third-order valence-corrected chi connectivity index (χ3v) is 6.74. The van der Waals surface area contributed by atoms with Crippen molar-refractivity contribution in [3.8, 4) is 0 Å². The fourth-order valence-corrected chi connectivity index (χ4v) is 4.67. The lowest BCUT2D eigenvalue weighted by Crippen LogP contribution is -2.36. The van der Waals surface area contributed by atoms with Gasteiger partial charge in [0.15, 0.2) is 11.6 Å². The molecule has 0 saturated heterocycles. The summed E-state index contributed by atoms with van der Waals surface area (Å²) in [6, 6.07) is 13.7. The largest absolute Gasteiger partial charge is 0.335 e. The van der Waals surface area contributed by atoms with E-state index in [4.69, 9.17) is 16.6 Å². The minimum atomic E-state index is -3.78. The topological polar surface area (TPSA) is 66.4 Å². The molecular formula is C20H21ClN4O2S. The lowest BCUT2D eigenvalue weighted by atomic mass is 10.1. The zero-order valence-electron chi connectivity index (χ0n) is 15.7. The van der Waals surface area contributed by atoms with Gasteiger partial charge < -0.3 is 4.90 Å². The fraction of sp³-hybridized carbons (Fsp3) is 0.300. The first-order valence-corrected chi connectivity index (χ1v) is 11.0. The standard InChI is InChI=1S/C20H21ClN4O2S/c1-14(2)11-12-24-13-25(28(26,27)16-9-7-15(21)8-10-16)20-19(24)22-17-5-3-4-6-18(17)23-20/h3-10,14H,11-13H2,1-2H3. The molecule has 0 bridgehead atoms. The number of benzene rings is 2. The van der Waals surface area contributed by atoms with Gasteiger partial charge in [-0.1, -0.05) is 37.6 Å². The third-order valence-electron chi connectivity index (χ3n) is 4.75. The van der Waals surface area contributed by atoms with Gasteiger partial charge in [-0.25, -0.2) is 22.7 Å². The van der Waals surface area contributed by atoms with E-state index in [1.807, 2.05) is 29.2 Å². The molecular weight excluding hydrogens is 396 g/mol. The minimum Gasteiger partial charge on any atom is -0.335 e. The number of hydrogen-bond donors (Lipinski definition) is 0. The number of fused-ring (bicyclic) bond motifs is 2. The van der Waals surface area contributed by atoms with E-state index in [2.05, 4.69) is 18.8 Å². The average molecular weight is 417 g/mol. The van der Waals surface area contributed by atoms with Crippen molar-refractivity contribution in [2.24, 2.45) is 5.92 Å². The Hall–Kier alpha value is -2.38. The summed E-state index contributed by atoms with van der Waals surface area (Å²) in [6.07, 6.45) is 0.933. The number of hydrogen-bond acceptors (Lipinski definition) is 5. The maximum Gasteiger partial charge on any atom is 0.267 e. The summed E-state index contributed by atoms with van der Waals surface area (Å²) in [5.41, 5.74) is 1.42. The predicted octanol–water partition coefficient (Wildman–Crippen LogP) is 4.30. The van der Waals surface area contributed by atoms with E-state index in [1.165, 1.54) is 16.4 Å². The second-order valence-corrected chi connectivity index (χ2v) is 9.55. The maximum absolute atomic E-state index is 13.3. The summed E-state index contributed by atoms with van der Waals surface area (Å²) in [7, 11) is -3.78. The zero-order chi connectivity index (χ0) is 19.9. The second-order valence-electron chi connectivity index (χ2n) is 7.25. The van der Waals surface area contributed by atoms with Crippen LogP contribution in [0.4, 0.5) is 11.6 Å². The molecule has 0 aliphatic carbocycles. The highest BCUT2D eigenvalue weighted by molar-refractivity contribution is 7.92. The van der Waals surface area contributed by atoms with Crippen LogP contribution in [0.2, 0.25) is 5.02 Å². The van der Waals surface area contributed by atoms with E-state index in [-0.39, 0.29) is 11.6 Å². The Kier molecular flexibility index (Phi) is 4.89. The summed E-state index contributed by atoms with van der Waals surface area (Å²) in [4.78, 5) is 11.5. The van der Waals surface area contributed by atoms with Gasteiger partial charge in [0, 0.05) is 11.6 Å². The number of rotatable bonds is 5. The molecule has 146 valence electrons. The SMILES string of the molecule is CC(C)CCN1CN(S(=O)(=O)c2ccc(Cl)cc2)c2nc3ccccc3nc21. The van der Waals surface area contributed by atoms with Crippen molar-refractivity contribution in [3.05, 3.63) is 53.6 Å². The molecule has 0 spiro atoms. The molecule has 0 radical (unpaired) electrons. The molecule has 0 fully saturated rings. The maximum atomic E-state index is 13.3. The molecule has 0 saturated carbocycles. The van der Waals surface area contributed by atoms with Crippen molar-refractivity contribution in [3.63, 3.8) is 0 Å². The molecule has 0 atom stereocenters. The number of para-hydroxylation sites is 2. The lowest BCUT2D eigenvalue weighted by Gasteiger charge is -2.21. The molecule has 1 aliphatic rings. The Morgan fingerprint density at radius 3 is 2.21 bits per heavy atom. The van der Waals surface area contributed by atoms with Crippen molar-refractivity contribution >= 4 is 44.3 Å². The molecule has 1 aliphatic heterocycles. The number of anilines is 2. The normalized spacial score (nSPS) is 14.1. The van der Waals surface area contributed by atoms with Crippen LogP contribution in [0.1, 0.15) is 20.3 Å². The first-order chi connectivity index (χ1) is 13.4. The first kappa shape index (κ1) is 19.0. The molecule has 3 aromatic rings. The van der Waals surface area contributed by atoms with Crippen molar-refractivity contribution in [2.75, 3.05) is 22.4 Å². The van der Waals surface area contributed by atoms with Gasteiger partial charge in [-0.2, -0.15) is 0 Å². The summed E-state index contributed by atoms with van der Waals surface area (Å²) in [5.74, 6) is 1.48. The fourth-order valence-electron chi connectivity index (χ4n) is 3.16. The highest BCUT2D eigenvalue weighted by atomic mass is 35.5. The van der Waals surface area contributed by atoms with Crippen molar-refractivity contribution in [2.45, 2.75) is 25.2 Å². The summed E-state index contributed by atoms with van der Waals surface area (Å²) in [5, 5.41) is 0.491. The van der Waals surface area contributed by atoms with Crippen molar-refractivity contribution < 1.29 is 8.42 Å². The molecule has 6 nitrogen and oxygen atoms in total. The molecule has 28 heavy (non-hydrogen) atoms. The minimum absolute atomic E-state index is 0.184. The summed E-state index contributed by atoms with van der Waals surface area (Å²) >= 11 is 5.92. The first-order valence-electron chi connectivity index (χ1n) is 9.16. The highest BCUT2D eigenvalue weighted by Gasteiger charge is 2.37. The average Bonchev–Trinajstić information content (AvgIpc) is 3.03. The van der Waals surface area contributed by atoms with Crippen LogP contribution in [0.3, 0.4) is 0 Å². The van der Waals surface area contributed by atoms with Crippen molar-refractivity contribution in [1.29, 1.82) is 0 Å². The van der Waals surface area contributed by atoms with Crippen molar-refractivity contribution in [1.82, 2.24) is 9.97 Å². The van der Waals surface area contributed by atoms with Crippen LogP contribution in [-0.2, 0) is 10.0 Å². The van der Waals surface area contributed by atoms with E-state index in [0.717, 1.165) is 11.9 Å². The highest BCUT2D eigenvalue weighted by Crippen LogP contribution is 2.38. The monoisotopic (exact) mass is 416 g/mol. The van der Waals surface area contributed by atoms with Crippen LogP contribution in [0.25, 0.3) is 11.0 Å². The van der Waals surface area contributed by atoms with Gasteiger partial charge in [0.1, 0.15) is 6.67 Å². The van der Waals surface area contributed by atoms with E-state index in [9.17, 15) is 8.42 Å². The van der Waals surface area contributed by atoms with Gasteiger partial charge in [0.2, 0.25) is 0 Å². The third kappa shape index (κ3) is 3.40. The van der Waals surface area contributed by atoms with Gasteiger partial charge in [-0.3, -0.25) is 0 Å². The molecule has 2 aromatic carbocycles. The van der Waals surface area contributed by atoms with Crippen LogP contribution in [-0.4, -0.2) is 31.6 Å². The number of nitrogens with zero attached hydrogens (tertiary/aromatic N) is 4. The number of aromatic nitrogens is 2. The number of sulfonamides is 1. The Morgan fingerprint density at radius 2 is 1.61 bits per heavy atom. The quantitative estimate of drug-likeness (QED) is 0.620. The van der Waals surface area contributed by atoms with Gasteiger partial charge in [0.05, 0.1) is 15.9 Å². The summed E-state index contributed by atoms with van der Waals surface area (Å²) < 4.78 is 28.0. The van der Waals surface area contributed by atoms with E-state index < -0.39 is 10.0 Å².